The van der Waals surface area contributed by atoms with Crippen LogP contribution in [0.25, 0.3) is 22.2 Å². The molecule has 0 unspecified atom stereocenters. The third-order valence-corrected chi connectivity index (χ3v) is 8.54. The van der Waals surface area contributed by atoms with Crippen LogP contribution >= 0.6 is 0 Å². The van der Waals surface area contributed by atoms with Crippen LogP contribution in [0.15, 0.2) is 36.7 Å². The molecule has 38 heavy (non-hydrogen) atoms. The van der Waals surface area contributed by atoms with Gasteiger partial charge in [-0.15, -0.1) is 0 Å². The molecule has 1 aliphatic heterocycles. The molecule has 2 N–H and O–H groups in total. The fraction of sp³-hybridized carbons (Fsp3) is 0.613. The van der Waals surface area contributed by atoms with Crippen molar-refractivity contribution in [2.75, 3.05) is 31.5 Å². The first-order valence-corrected chi connectivity index (χ1v) is 14.8. The Morgan fingerprint density at radius 1 is 1.00 bits per heavy atom. The number of aliphatic hydroxyl groups is 1. The summed E-state index contributed by atoms with van der Waals surface area (Å²) in [5, 5.41) is 14.7. The van der Waals surface area contributed by atoms with Gasteiger partial charge in [-0.25, -0.2) is 4.98 Å². The van der Waals surface area contributed by atoms with Crippen molar-refractivity contribution >= 4 is 17.0 Å². The van der Waals surface area contributed by atoms with Crippen LogP contribution < -0.4 is 5.32 Å². The number of aromatic nitrogens is 3. The smallest absolute Gasteiger partial charge is 0.224 e. The summed E-state index contributed by atoms with van der Waals surface area (Å²) < 4.78 is 2.36. The van der Waals surface area contributed by atoms with Gasteiger partial charge in [0.25, 0.3) is 0 Å². The van der Waals surface area contributed by atoms with Crippen molar-refractivity contribution in [1.29, 1.82) is 0 Å². The summed E-state index contributed by atoms with van der Waals surface area (Å²) in [5.74, 6) is 0.702. The Labute approximate surface area is 228 Å². The average Bonchev–Trinajstić information content (AvgIpc) is 3.29. The van der Waals surface area contributed by atoms with Gasteiger partial charge in [0.1, 0.15) is 5.65 Å². The molecule has 2 aliphatic rings. The Morgan fingerprint density at radius 3 is 2.37 bits per heavy atom. The van der Waals surface area contributed by atoms with Gasteiger partial charge >= 0.3 is 0 Å². The monoisotopic (exact) mass is 518 g/mol. The van der Waals surface area contributed by atoms with Crippen molar-refractivity contribution < 1.29 is 5.11 Å². The van der Waals surface area contributed by atoms with Gasteiger partial charge in [0, 0.05) is 74.2 Å². The van der Waals surface area contributed by atoms with E-state index >= 15 is 0 Å². The normalized spacial score (nSPS) is 22.3. The van der Waals surface area contributed by atoms with Crippen LogP contribution in [0.3, 0.4) is 0 Å². The molecule has 2 fully saturated rings. The Hall–Kier alpha value is -2.48. The van der Waals surface area contributed by atoms with Gasteiger partial charge in [-0.1, -0.05) is 37.6 Å². The Morgan fingerprint density at radius 2 is 1.71 bits per heavy atom. The van der Waals surface area contributed by atoms with E-state index in [-0.39, 0.29) is 6.10 Å². The summed E-state index contributed by atoms with van der Waals surface area (Å²) in [6.45, 7) is 14.6. The molecule has 5 rings (SSSR count). The topological polar surface area (TPSA) is 69.5 Å². The zero-order chi connectivity index (χ0) is 26.6. The molecule has 3 aromatic rings. The number of piperazine rings is 1. The van der Waals surface area contributed by atoms with Crippen LogP contribution in [0.1, 0.15) is 77.8 Å². The van der Waals surface area contributed by atoms with Crippen LogP contribution in [-0.2, 0) is 6.54 Å². The second-order valence-corrected chi connectivity index (χ2v) is 11.8. The number of anilines is 1. The summed E-state index contributed by atoms with van der Waals surface area (Å²) in [6, 6.07) is 10.4. The molecule has 0 amide bonds. The lowest BCUT2D eigenvalue weighted by Crippen LogP contribution is -2.48. The highest BCUT2D eigenvalue weighted by atomic mass is 16.3. The van der Waals surface area contributed by atoms with Gasteiger partial charge in [0.2, 0.25) is 5.95 Å². The third kappa shape index (κ3) is 6.22. The number of nitrogens with one attached hydrogen (secondary N) is 1. The molecule has 0 bridgehead atoms. The number of benzene rings is 1. The van der Waals surface area contributed by atoms with E-state index in [0.29, 0.717) is 24.1 Å². The Kier molecular flexibility index (Phi) is 8.66. The molecule has 1 atom stereocenters. The molecule has 0 radical (unpaired) electrons. The maximum atomic E-state index is 10.1. The molecule has 7 heteroatoms. The largest absolute Gasteiger partial charge is 0.393 e. The summed E-state index contributed by atoms with van der Waals surface area (Å²) in [6.07, 6.45) is 9.98. The minimum Gasteiger partial charge on any atom is -0.393 e. The van der Waals surface area contributed by atoms with E-state index in [1.165, 1.54) is 16.7 Å². The van der Waals surface area contributed by atoms with E-state index in [0.717, 1.165) is 82.3 Å². The Balaban J connectivity index is 1.38. The molecule has 3 heterocycles. The molecular formula is C31H46N6O. The number of nitrogens with zero attached hydrogens (tertiary/aromatic N) is 5. The summed E-state index contributed by atoms with van der Waals surface area (Å²) in [4.78, 5) is 14.9. The van der Waals surface area contributed by atoms with Gasteiger partial charge in [0.05, 0.1) is 6.10 Å². The maximum absolute atomic E-state index is 10.1. The predicted molar refractivity (Wildman–Crippen MR) is 156 cm³/mol. The molecular weight excluding hydrogens is 472 g/mol. The van der Waals surface area contributed by atoms with Gasteiger partial charge in [-0.05, 0) is 64.0 Å². The lowest BCUT2D eigenvalue weighted by molar-refractivity contribution is 0.104. The van der Waals surface area contributed by atoms with E-state index in [2.05, 4.69) is 77.8 Å². The first-order valence-electron chi connectivity index (χ1n) is 14.8. The SMILES string of the molecule is CCC[C@@H](C)Nc1ncc2c(-c3ccc(CN4CCN(C(C)C)CC4)cc3)cn(C3CCC(O)CC3)c2n1. The minimum atomic E-state index is -0.171. The third-order valence-electron chi connectivity index (χ3n) is 8.54. The van der Waals surface area contributed by atoms with Crippen LogP contribution in [0, 0.1) is 0 Å². The maximum Gasteiger partial charge on any atom is 0.224 e. The van der Waals surface area contributed by atoms with E-state index in [9.17, 15) is 5.11 Å². The number of hydrogen-bond donors (Lipinski definition) is 2. The molecule has 1 saturated carbocycles. The highest BCUT2D eigenvalue weighted by molar-refractivity contribution is 5.94. The van der Waals surface area contributed by atoms with Crippen LogP contribution in [0.2, 0.25) is 0 Å². The minimum absolute atomic E-state index is 0.171. The highest BCUT2D eigenvalue weighted by Gasteiger charge is 2.25. The van der Waals surface area contributed by atoms with Crippen molar-refractivity contribution in [3.05, 3.63) is 42.2 Å². The number of fused-ring (bicyclic) bond motifs is 1. The van der Waals surface area contributed by atoms with Crippen LogP contribution in [0.4, 0.5) is 5.95 Å². The molecule has 1 aromatic carbocycles. The second kappa shape index (κ2) is 12.1. The fourth-order valence-corrected chi connectivity index (χ4v) is 6.16. The number of rotatable bonds is 9. The lowest BCUT2D eigenvalue weighted by Gasteiger charge is -2.36. The van der Waals surface area contributed by atoms with Crippen molar-refractivity contribution in [3.8, 4) is 11.1 Å². The van der Waals surface area contributed by atoms with Crippen molar-refractivity contribution in [2.24, 2.45) is 0 Å². The van der Waals surface area contributed by atoms with Crippen LogP contribution in [-0.4, -0.2) is 73.8 Å². The fourth-order valence-electron chi connectivity index (χ4n) is 6.16. The van der Waals surface area contributed by atoms with Gasteiger partial charge in [-0.3, -0.25) is 9.80 Å². The van der Waals surface area contributed by atoms with Crippen molar-refractivity contribution in [2.45, 2.75) is 97.0 Å². The first-order chi connectivity index (χ1) is 18.4. The van der Waals surface area contributed by atoms with E-state index in [4.69, 9.17) is 9.97 Å². The zero-order valence-electron chi connectivity index (χ0n) is 23.7. The van der Waals surface area contributed by atoms with Gasteiger partial charge < -0.3 is 15.0 Å². The summed E-state index contributed by atoms with van der Waals surface area (Å²) in [5.41, 5.74) is 4.76. The molecule has 206 valence electrons. The van der Waals surface area contributed by atoms with Gasteiger partial charge in [0.15, 0.2) is 0 Å². The molecule has 1 saturated heterocycles. The quantitative estimate of drug-likeness (QED) is 0.379. The van der Waals surface area contributed by atoms with Gasteiger partial charge in [-0.2, -0.15) is 4.98 Å². The first kappa shape index (κ1) is 27.1. The number of hydrogen-bond acceptors (Lipinski definition) is 6. The lowest BCUT2D eigenvalue weighted by atomic mass is 9.93. The summed E-state index contributed by atoms with van der Waals surface area (Å²) >= 11 is 0. The van der Waals surface area contributed by atoms with Crippen molar-refractivity contribution in [3.63, 3.8) is 0 Å². The van der Waals surface area contributed by atoms with E-state index < -0.39 is 0 Å². The molecule has 7 nitrogen and oxygen atoms in total. The predicted octanol–water partition coefficient (Wildman–Crippen LogP) is 5.70. The van der Waals surface area contributed by atoms with E-state index in [1.54, 1.807) is 0 Å². The van der Waals surface area contributed by atoms with Crippen LogP contribution in [0.5, 0.6) is 0 Å². The zero-order valence-corrected chi connectivity index (χ0v) is 23.7. The highest BCUT2D eigenvalue weighted by Crippen LogP contribution is 2.37. The van der Waals surface area contributed by atoms with E-state index in [1.807, 2.05) is 6.20 Å². The standard InChI is InChI=1S/C31H46N6O/c1-5-6-23(4)33-31-32-19-28-29(21-37(30(28)34-31)26-11-13-27(38)14-12-26)25-9-7-24(8-10-25)20-35-15-17-36(18-16-35)22(2)3/h7-10,19,21-23,26-27,38H,5-6,11-18,20H2,1-4H3,(H,32,33,34)/t23-,26?,27?/m1/s1. The second-order valence-electron chi connectivity index (χ2n) is 11.8. The summed E-state index contributed by atoms with van der Waals surface area (Å²) in [7, 11) is 0. The van der Waals surface area contributed by atoms with Crippen molar-refractivity contribution in [1.82, 2.24) is 24.3 Å². The average molecular weight is 519 g/mol. The number of aliphatic hydroxyl groups excluding tert-OH is 1. The molecule has 1 aliphatic carbocycles. The molecule has 2 aromatic heterocycles. The Bertz CT molecular complexity index is 1170. The molecule has 0 spiro atoms.